The molecule has 1 rings (SSSR count). The number of aliphatic imine (C=N–C) groups is 1. The van der Waals surface area contributed by atoms with Gasteiger partial charge in [-0.05, 0) is 48.4 Å². The Balaban J connectivity index is 2.83. The second-order valence-electron chi connectivity index (χ2n) is 6.90. The standard InChI is InChI=1S/C18H30N2OS/c1-12-8-15(18(4,5)6)9-13(2)16(12)11-22-17(19)20-14(3)10-21-7/h8-9,14H,10-11H2,1-7H3,(H2,19,20)/t14-/m1/s1. The van der Waals surface area contributed by atoms with E-state index in [4.69, 9.17) is 10.5 Å². The molecule has 0 fully saturated rings. The molecule has 0 aliphatic carbocycles. The topological polar surface area (TPSA) is 47.6 Å². The number of aryl methyl sites for hydroxylation is 2. The summed E-state index contributed by atoms with van der Waals surface area (Å²) < 4.78 is 5.08. The van der Waals surface area contributed by atoms with Crippen molar-refractivity contribution in [2.45, 2.75) is 58.8 Å². The van der Waals surface area contributed by atoms with E-state index in [1.807, 2.05) is 6.92 Å². The summed E-state index contributed by atoms with van der Waals surface area (Å²) in [5.74, 6) is 0.858. The van der Waals surface area contributed by atoms with Gasteiger partial charge in [0.2, 0.25) is 0 Å². The van der Waals surface area contributed by atoms with E-state index in [-0.39, 0.29) is 11.5 Å². The second kappa shape index (κ2) is 8.02. The van der Waals surface area contributed by atoms with Crippen LogP contribution in [-0.2, 0) is 15.9 Å². The van der Waals surface area contributed by atoms with Gasteiger partial charge in [-0.15, -0.1) is 0 Å². The average Bonchev–Trinajstić information content (AvgIpc) is 2.36. The van der Waals surface area contributed by atoms with Crippen LogP contribution in [0.25, 0.3) is 0 Å². The highest BCUT2D eigenvalue weighted by Crippen LogP contribution is 2.28. The number of nitrogens with zero attached hydrogens (tertiary/aromatic N) is 1. The van der Waals surface area contributed by atoms with E-state index in [1.54, 1.807) is 18.9 Å². The molecule has 0 aromatic heterocycles. The molecule has 1 atom stereocenters. The highest BCUT2D eigenvalue weighted by Gasteiger charge is 2.16. The van der Waals surface area contributed by atoms with Crippen molar-refractivity contribution >= 4 is 16.9 Å². The van der Waals surface area contributed by atoms with Crippen molar-refractivity contribution in [3.8, 4) is 0 Å². The quantitative estimate of drug-likeness (QED) is 0.653. The average molecular weight is 323 g/mol. The number of thioether (sulfide) groups is 1. The van der Waals surface area contributed by atoms with E-state index in [2.05, 4.69) is 51.7 Å². The summed E-state index contributed by atoms with van der Waals surface area (Å²) in [5.41, 5.74) is 11.6. The number of amidine groups is 1. The van der Waals surface area contributed by atoms with Gasteiger partial charge in [-0.1, -0.05) is 44.7 Å². The molecule has 0 amide bonds. The number of ether oxygens (including phenoxy) is 1. The molecule has 0 radical (unpaired) electrons. The third-order valence-electron chi connectivity index (χ3n) is 3.68. The third-order valence-corrected chi connectivity index (χ3v) is 4.52. The molecule has 0 bridgehead atoms. The molecule has 1 aromatic rings. The van der Waals surface area contributed by atoms with Gasteiger partial charge in [0.1, 0.15) is 0 Å². The first-order chi connectivity index (χ1) is 10.1. The monoisotopic (exact) mass is 322 g/mol. The van der Waals surface area contributed by atoms with E-state index >= 15 is 0 Å². The maximum absolute atomic E-state index is 6.01. The number of hydrogen-bond donors (Lipinski definition) is 1. The maximum atomic E-state index is 6.01. The Morgan fingerprint density at radius 2 is 1.82 bits per heavy atom. The molecule has 0 saturated heterocycles. The molecular weight excluding hydrogens is 292 g/mol. The van der Waals surface area contributed by atoms with Crippen molar-refractivity contribution in [3.63, 3.8) is 0 Å². The van der Waals surface area contributed by atoms with E-state index in [9.17, 15) is 0 Å². The van der Waals surface area contributed by atoms with Gasteiger partial charge in [-0.3, -0.25) is 4.99 Å². The fraction of sp³-hybridized carbons (Fsp3) is 0.611. The Kier molecular flexibility index (Phi) is 6.95. The minimum Gasteiger partial charge on any atom is -0.382 e. The summed E-state index contributed by atoms with van der Waals surface area (Å²) in [5, 5.41) is 0.628. The number of hydrogen-bond acceptors (Lipinski definition) is 3. The fourth-order valence-corrected chi connectivity index (χ4v) is 3.34. The first-order valence-electron chi connectivity index (χ1n) is 7.70. The molecule has 2 N–H and O–H groups in total. The highest BCUT2D eigenvalue weighted by atomic mass is 32.2. The van der Waals surface area contributed by atoms with Gasteiger partial charge < -0.3 is 10.5 Å². The molecule has 3 nitrogen and oxygen atoms in total. The van der Waals surface area contributed by atoms with E-state index < -0.39 is 0 Å². The van der Waals surface area contributed by atoms with Crippen LogP contribution in [0.1, 0.15) is 49.9 Å². The number of benzene rings is 1. The number of nitrogens with two attached hydrogens (primary N) is 1. The molecule has 0 spiro atoms. The van der Waals surface area contributed by atoms with Crippen LogP contribution in [0, 0.1) is 13.8 Å². The van der Waals surface area contributed by atoms with Gasteiger partial charge >= 0.3 is 0 Å². The van der Waals surface area contributed by atoms with Crippen molar-refractivity contribution in [1.82, 2.24) is 0 Å². The summed E-state index contributed by atoms with van der Waals surface area (Å²) in [6, 6.07) is 4.69. The van der Waals surface area contributed by atoms with Crippen LogP contribution >= 0.6 is 11.8 Å². The van der Waals surface area contributed by atoms with Crippen LogP contribution in [0.4, 0.5) is 0 Å². The van der Waals surface area contributed by atoms with Gasteiger partial charge in [0, 0.05) is 12.9 Å². The van der Waals surface area contributed by atoms with Gasteiger partial charge in [0.25, 0.3) is 0 Å². The van der Waals surface area contributed by atoms with Crippen LogP contribution in [-0.4, -0.2) is 24.9 Å². The summed E-state index contributed by atoms with van der Waals surface area (Å²) in [7, 11) is 1.68. The predicted molar refractivity (Wildman–Crippen MR) is 98.9 cm³/mol. The lowest BCUT2D eigenvalue weighted by Gasteiger charge is -2.22. The zero-order valence-electron chi connectivity index (χ0n) is 15.0. The normalized spacial score (nSPS) is 14.2. The van der Waals surface area contributed by atoms with Crippen LogP contribution in [0.15, 0.2) is 17.1 Å². The van der Waals surface area contributed by atoms with Crippen molar-refractivity contribution < 1.29 is 4.74 Å². The van der Waals surface area contributed by atoms with Crippen molar-refractivity contribution in [3.05, 3.63) is 34.4 Å². The molecule has 0 aliphatic heterocycles. The van der Waals surface area contributed by atoms with Crippen molar-refractivity contribution in [2.24, 2.45) is 10.7 Å². The fourth-order valence-electron chi connectivity index (χ4n) is 2.33. The molecule has 0 aliphatic rings. The third kappa shape index (κ3) is 5.65. The molecule has 22 heavy (non-hydrogen) atoms. The van der Waals surface area contributed by atoms with Crippen molar-refractivity contribution in [1.29, 1.82) is 0 Å². The first-order valence-corrected chi connectivity index (χ1v) is 8.69. The summed E-state index contributed by atoms with van der Waals surface area (Å²) in [6.45, 7) is 13.7. The van der Waals surface area contributed by atoms with Crippen LogP contribution in [0.5, 0.6) is 0 Å². The van der Waals surface area contributed by atoms with Gasteiger partial charge in [0.15, 0.2) is 5.17 Å². The Hall–Kier alpha value is -1.00. The van der Waals surface area contributed by atoms with Crippen molar-refractivity contribution in [2.75, 3.05) is 13.7 Å². The van der Waals surface area contributed by atoms with Gasteiger partial charge in [-0.25, -0.2) is 0 Å². The first kappa shape index (κ1) is 19.0. The van der Waals surface area contributed by atoms with Crippen LogP contribution < -0.4 is 5.73 Å². The SMILES string of the molecule is COC[C@@H](C)N=C(N)SCc1c(C)cc(C(C)(C)C)cc1C. The Morgan fingerprint density at radius 1 is 1.27 bits per heavy atom. The van der Waals surface area contributed by atoms with Crippen LogP contribution in [0.2, 0.25) is 0 Å². The van der Waals surface area contributed by atoms with E-state index in [0.717, 1.165) is 5.75 Å². The zero-order chi connectivity index (χ0) is 16.9. The Morgan fingerprint density at radius 3 is 2.27 bits per heavy atom. The molecule has 1 aromatic carbocycles. The molecule has 0 heterocycles. The minimum atomic E-state index is 0.1000. The van der Waals surface area contributed by atoms with Gasteiger partial charge in [0.05, 0.1) is 12.6 Å². The summed E-state index contributed by atoms with van der Waals surface area (Å²) >= 11 is 1.60. The second-order valence-corrected chi connectivity index (χ2v) is 7.89. The largest absolute Gasteiger partial charge is 0.382 e. The minimum absolute atomic E-state index is 0.1000. The Bertz CT molecular complexity index is 509. The molecular formula is C18H30N2OS. The number of methoxy groups -OCH3 is 1. The number of rotatable bonds is 5. The lowest BCUT2D eigenvalue weighted by Crippen LogP contribution is -2.15. The Labute approximate surface area is 139 Å². The van der Waals surface area contributed by atoms with Crippen LogP contribution in [0.3, 0.4) is 0 Å². The lowest BCUT2D eigenvalue weighted by atomic mass is 9.84. The summed E-state index contributed by atoms with van der Waals surface area (Å²) in [6.07, 6.45) is 0. The molecule has 0 unspecified atom stereocenters. The highest BCUT2D eigenvalue weighted by molar-refractivity contribution is 8.13. The van der Waals surface area contributed by atoms with E-state index in [1.165, 1.54) is 22.3 Å². The lowest BCUT2D eigenvalue weighted by molar-refractivity contribution is 0.186. The van der Waals surface area contributed by atoms with Gasteiger partial charge in [-0.2, -0.15) is 0 Å². The maximum Gasteiger partial charge on any atom is 0.154 e. The predicted octanol–water partition coefficient (Wildman–Crippen LogP) is 4.18. The zero-order valence-corrected chi connectivity index (χ0v) is 15.8. The van der Waals surface area contributed by atoms with E-state index in [0.29, 0.717) is 11.8 Å². The smallest absolute Gasteiger partial charge is 0.154 e. The molecule has 4 heteroatoms. The molecule has 124 valence electrons. The summed E-state index contributed by atoms with van der Waals surface area (Å²) in [4.78, 5) is 4.43. The molecule has 0 saturated carbocycles.